The van der Waals surface area contributed by atoms with Crippen molar-refractivity contribution in [2.24, 2.45) is 0 Å². The van der Waals surface area contributed by atoms with Gasteiger partial charge in [0.15, 0.2) is 0 Å². The number of aromatic carboxylic acids is 1. The molecule has 1 aromatic carbocycles. The van der Waals surface area contributed by atoms with Crippen molar-refractivity contribution in [2.45, 2.75) is 13.0 Å². The van der Waals surface area contributed by atoms with Crippen LogP contribution in [0.15, 0.2) is 24.3 Å². The van der Waals surface area contributed by atoms with Gasteiger partial charge < -0.3 is 15.3 Å². The molecule has 0 spiro atoms. The molecular formula is C13H16N2O3. The van der Waals surface area contributed by atoms with Crippen molar-refractivity contribution >= 4 is 11.9 Å². The molecule has 0 bridgehead atoms. The van der Waals surface area contributed by atoms with E-state index in [1.54, 1.807) is 30.0 Å². The van der Waals surface area contributed by atoms with Crippen molar-refractivity contribution in [1.82, 2.24) is 10.2 Å². The zero-order valence-electron chi connectivity index (χ0n) is 10.2. The number of carboxylic acids is 1. The second kappa shape index (κ2) is 5.18. The average Bonchev–Trinajstić information content (AvgIpc) is 2.39. The summed E-state index contributed by atoms with van der Waals surface area (Å²) in [6.45, 7) is 3.62. The summed E-state index contributed by atoms with van der Waals surface area (Å²) in [5.41, 5.74) is 1.11. The van der Waals surface area contributed by atoms with Gasteiger partial charge in [-0.2, -0.15) is 0 Å². The summed E-state index contributed by atoms with van der Waals surface area (Å²) >= 11 is 0. The minimum absolute atomic E-state index is 0.0160. The van der Waals surface area contributed by atoms with E-state index in [4.69, 9.17) is 5.11 Å². The van der Waals surface area contributed by atoms with Gasteiger partial charge in [0.2, 0.25) is 5.91 Å². The highest BCUT2D eigenvalue weighted by Crippen LogP contribution is 2.23. The van der Waals surface area contributed by atoms with Gasteiger partial charge >= 0.3 is 5.97 Å². The number of hydrogen-bond acceptors (Lipinski definition) is 3. The fraction of sp³-hybridized carbons (Fsp3) is 0.385. The number of carboxylic acid groups (broad SMARTS) is 1. The van der Waals surface area contributed by atoms with Gasteiger partial charge in [-0.15, -0.1) is 0 Å². The molecule has 0 saturated carbocycles. The minimum atomic E-state index is -0.949. The first-order valence-electron chi connectivity index (χ1n) is 5.91. The smallest absolute Gasteiger partial charge is 0.335 e. The third kappa shape index (κ3) is 2.51. The third-order valence-electron chi connectivity index (χ3n) is 3.17. The molecule has 1 amide bonds. The van der Waals surface area contributed by atoms with E-state index in [0.29, 0.717) is 13.1 Å². The van der Waals surface area contributed by atoms with E-state index in [1.165, 1.54) is 0 Å². The number of amides is 1. The predicted molar refractivity (Wildman–Crippen MR) is 66.4 cm³/mol. The lowest BCUT2D eigenvalue weighted by molar-refractivity contribution is -0.132. The molecule has 5 heteroatoms. The second-order valence-corrected chi connectivity index (χ2v) is 4.36. The van der Waals surface area contributed by atoms with Crippen molar-refractivity contribution in [3.63, 3.8) is 0 Å². The predicted octanol–water partition coefficient (Wildman–Crippen LogP) is 0.878. The molecule has 1 aromatic rings. The Morgan fingerprint density at radius 3 is 2.89 bits per heavy atom. The van der Waals surface area contributed by atoms with Crippen LogP contribution in [0.2, 0.25) is 0 Å². The lowest BCUT2D eigenvalue weighted by Crippen LogP contribution is -2.47. The van der Waals surface area contributed by atoms with Crippen LogP contribution in [-0.2, 0) is 4.79 Å². The SMILES string of the molecule is CC(=O)N1CCNCC1c1cccc(C(=O)O)c1. The second-order valence-electron chi connectivity index (χ2n) is 4.36. The molecule has 1 fully saturated rings. The van der Waals surface area contributed by atoms with Crippen LogP contribution in [0.5, 0.6) is 0 Å². The molecule has 2 N–H and O–H groups in total. The Hall–Kier alpha value is -1.88. The maximum absolute atomic E-state index is 11.6. The number of carbonyl (C=O) groups excluding carboxylic acids is 1. The van der Waals surface area contributed by atoms with Crippen molar-refractivity contribution in [3.05, 3.63) is 35.4 Å². The van der Waals surface area contributed by atoms with E-state index in [0.717, 1.165) is 12.1 Å². The first kappa shape index (κ1) is 12.6. The summed E-state index contributed by atoms with van der Waals surface area (Å²) in [7, 11) is 0. The maximum Gasteiger partial charge on any atom is 0.335 e. The lowest BCUT2D eigenvalue weighted by Gasteiger charge is -2.36. The number of nitrogens with one attached hydrogen (secondary N) is 1. The minimum Gasteiger partial charge on any atom is -0.478 e. The molecular weight excluding hydrogens is 232 g/mol. The Kier molecular flexibility index (Phi) is 3.62. The Morgan fingerprint density at radius 1 is 1.44 bits per heavy atom. The van der Waals surface area contributed by atoms with E-state index in [9.17, 15) is 9.59 Å². The van der Waals surface area contributed by atoms with Crippen LogP contribution >= 0.6 is 0 Å². The Morgan fingerprint density at radius 2 is 2.22 bits per heavy atom. The van der Waals surface area contributed by atoms with E-state index in [2.05, 4.69) is 5.32 Å². The highest BCUT2D eigenvalue weighted by atomic mass is 16.4. The zero-order chi connectivity index (χ0) is 13.1. The molecule has 1 aliphatic rings. The summed E-state index contributed by atoms with van der Waals surface area (Å²) < 4.78 is 0. The molecule has 0 aliphatic carbocycles. The van der Waals surface area contributed by atoms with Crippen molar-refractivity contribution in [1.29, 1.82) is 0 Å². The van der Waals surface area contributed by atoms with Crippen LogP contribution in [0, 0.1) is 0 Å². The lowest BCUT2D eigenvalue weighted by atomic mass is 10.0. The van der Waals surface area contributed by atoms with Crippen LogP contribution in [0.1, 0.15) is 28.9 Å². The number of hydrogen-bond donors (Lipinski definition) is 2. The Labute approximate surface area is 105 Å². The molecule has 1 unspecified atom stereocenters. The third-order valence-corrected chi connectivity index (χ3v) is 3.17. The van der Waals surface area contributed by atoms with Gasteiger partial charge in [0.05, 0.1) is 11.6 Å². The zero-order valence-corrected chi connectivity index (χ0v) is 10.2. The standard InChI is InChI=1S/C13H16N2O3/c1-9(16)15-6-5-14-8-12(15)10-3-2-4-11(7-10)13(17)18/h2-4,7,12,14H,5-6,8H2,1H3,(H,17,18). The topological polar surface area (TPSA) is 69.6 Å². The quantitative estimate of drug-likeness (QED) is 0.815. The highest BCUT2D eigenvalue weighted by molar-refractivity contribution is 5.87. The fourth-order valence-electron chi connectivity index (χ4n) is 2.26. The van der Waals surface area contributed by atoms with Crippen LogP contribution in [0.25, 0.3) is 0 Å². The highest BCUT2D eigenvalue weighted by Gasteiger charge is 2.25. The van der Waals surface area contributed by atoms with Crippen molar-refractivity contribution in [2.75, 3.05) is 19.6 Å². The van der Waals surface area contributed by atoms with Crippen LogP contribution < -0.4 is 5.32 Å². The molecule has 1 aliphatic heterocycles. The first-order valence-corrected chi connectivity index (χ1v) is 5.91. The fourth-order valence-corrected chi connectivity index (χ4v) is 2.26. The van der Waals surface area contributed by atoms with E-state index in [1.807, 2.05) is 6.07 Å². The summed E-state index contributed by atoms with van der Waals surface area (Å²) in [5.74, 6) is -0.933. The van der Waals surface area contributed by atoms with Gasteiger partial charge in [-0.25, -0.2) is 4.79 Å². The number of rotatable bonds is 2. The van der Waals surface area contributed by atoms with Crippen molar-refractivity contribution in [3.8, 4) is 0 Å². The van der Waals surface area contributed by atoms with Gasteiger partial charge in [-0.1, -0.05) is 12.1 Å². The van der Waals surface area contributed by atoms with Crippen LogP contribution in [0.3, 0.4) is 0 Å². The number of carbonyl (C=O) groups is 2. The Bertz CT molecular complexity index is 473. The van der Waals surface area contributed by atoms with Gasteiger partial charge in [0.1, 0.15) is 0 Å². The van der Waals surface area contributed by atoms with Gasteiger partial charge in [0.25, 0.3) is 0 Å². The molecule has 0 aromatic heterocycles. The molecule has 2 rings (SSSR count). The molecule has 1 saturated heterocycles. The molecule has 5 nitrogen and oxygen atoms in total. The summed E-state index contributed by atoms with van der Waals surface area (Å²) in [6.07, 6.45) is 0. The van der Waals surface area contributed by atoms with Crippen molar-refractivity contribution < 1.29 is 14.7 Å². The van der Waals surface area contributed by atoms with Crippen LogP contribution in [-0.4, -0.2) is 41.5 Å². The Balaban J connectivity index is 2.30. The van der Waals surface area contributed by atoms with E-state index < -0.39 is 5.97 Å². The van der Waals surface area contributed by atoms with E-state index in [-0.39, 0.29) is 17.5 Å². The van der Waals surface area contributed by atoms with Gasteiger partial charge in [0, 0.05) is 26.6 Å². The molecule has 96 valence electrons. The molecule has 0 radical (unpaired) electrons. The van der Waals surface area contributed by atoms with Crippen LogP contribution in [0.4, 0.5) is 0 Å². The maximum atomic E-state index is 11.6. The van der Waals surface area contributed by atoms with E-state index >= 15 is 0 Å². The number of nitrogens with zero attached hydrogens (tertiary/aromatic N) is 1. The van der Waals surface area contributed by atoms with Gasteiger partial charge in [-0.3, -0.25) is 4.79 Å². The average molecular weight is 248 g/mol. The first-order chi connectivity index (χ1) is 8.59. The van der Waals surface area contributed by atoms with Gasteiger partial charge in [-0.05, 0) is 17.7 Å². The summed E-state index contributed by atoms with van der Waals surface area (Å²) in [4.78, 5) is 24.3. The number of piperazine rings is 1. The molecule has 1 heterocycles. The molecule has 1 atom stereocenters. The monoisotopic (exact) mass is 248 g/mol. The largest absolute Gasteiger partial charge is 0.478 e. The molecule has 18 heavy (non-hydrogen) atoms. The normalized spacial score (nSPS) is 19.6. The number of benzene rings is 1. The summed E-state index contributed by atoms with van der Waals surface area (Å²) in [5, 5.41) is 12.2. The summed E-state index contributed by atoms with van der Waals surface area (Å²) in [6, 6.07) is 6.68.